The fourth-order valence-electron chi connectivity index (χ4n) is 2.68. The van der Waals surface area contributed by atoms with Crippen molar-refractivity contribution in [1.82, 2.24) is 9.21 Å². The van der Waals surface area contributed by atoms with Gasteiger partial charge in [-0.2, -0.15) is 4.31 Å². The van der Waals surface area contributed by atoms with Gasteiger partial charge in [0.2, 0.25) is 15.9 Å². The Labute approximate surface area is 154 Å². The molecule has 1 heterocycles. The third kappa shape index (κ3) is 3.31. The summed E-state index contributed by atoms with van der Waals surface area (Å²) in [6.07, 6.45) is 2.00. The van der Waals surface area contributed by atoms with Crippen molar-refractivity contribution in [1.29, 1.82) is 0 Å². The van der Waals surface area contributed by atoms with Gasteiger partial charge >= 0.3 is 0 Å². The van der Waals surface area contributed by atoms with Gasteiger partial charge in [-0.3, -0.25) is 4.79 Å². The summed E-state index contributed by atoms with van der Waals surface area (Å²) in [4.78, 5) is 14.5. The lowest BCUT2D eigenvalue weighted by molar-refractivity contribution is -0.133. The molecule has 1 saturated carbocycles. The van der Waals surface area contributed by atoms with Gasteiger partial charge in [0.1, 0.15) is 11.8 Å². The van der Waals surface area contributed by atoms with Crippen molar-refractivity contribution < 1.29 is 17.9 Å². The Hall–Kier alpha value is -0.770. The number of carbonyl (C=O) groups excluding carboxylic acids is 1. The molecule has 0 radical (unpaired) electrons. The Morgan fingerprint density at radius 3 is 2.71 bits per heavy atom. The van der Waals surface area contributed by atoms with E-state index in [4.69, 9.17) is 4.74 Å². The highest BCUT2D eigenvalue weighted by atomic mass is 79.9. The lowest BCUT2D eigenvalue weighted by Gasteiger charge is -2.27. The summed E-state index contributed by atoms with van der Waals surface area (Å²) in [7, 11) is -0.456. The van der Waals surface area contributed by atoms with Crippen LogP contribution >= 0.6 is 27.7 Å². The van der Waals surface area contributed by atoms with Gasteiger partial charge in [-0.25, -0.2) is 8.42 Å². The predicted molar refractivity (Wildman–Crippen MR) is 96.6 cm³/mol. The lowest BCUT2D eigenvalue weighted by atomic mass is 10.3. The Kier molecular flexibility index (Phi) is 5.15. The first-order valence-corrected chi connectivity index (χ1v) is 10.9. The smallest absolute Gasteiger partial charge is 0.244 e. The maximum absolute atomic E-state index is 13.0. The summed E-state index contributed by atoms with van der Waals surface area (Å²) in [5.74, 6) is 1.23. The molecule has 0 aromatic heterocycles. The van der Waals surface area contributed by atoms with Crippen LogP contribution in [0.15, 0.2) is 27.6 Å². The van der Waals surface area contributed by atoms with E-state index in [0.29, 0.717) is 21.9 Å². The number of ether oxygens (including phenoxy) is 1. The molecule has 0 spiro atoms. The summed E-state index contributed by atoms with van der Waals surface area (Å²) in [6, 6.07) is 4.26. The summed E-state index contributed by atoms with van der Waals surface area (Å²) < 4.78 is 33.0. The number of hydrogen-bond acceptors (Lipinski definition) is 5. The van der Waals surface area contributed by atoms with Gasteiger partial charge in [-0.1, -0.05) is 0 Å². The van der Waals surface area contributed by atoms with Crippen LogP contribution in [0.2, 0.25) is 0 Å². The van der Waals surface area contributed by atoms with Gasteiger partial charge < -0.3 is 9.64 Å². The second kappa shape index (κ2) is 6.86. The molecule has 24 heavy (non-hydrogen) atoms. The van der Waals surface area contributed by atoms with Crippen LogP contribution in [0.5, 0.6) is 5.75 Å². The monoisotopic (exact) mass is 434 g/mol. The number of hydrogen-bond donors (Lipinski definition) is 0. The second-order valence-corrected chi connectivity index (χ2v) is 9.63. The molecule has 2 aliphatic rings. The lowest BCUT2D eigenvalue weighted by Crippen LogP contribution is -2.48. The summed E-state index contributed by atoms with van der Waals surface area (Å²) in [6.45, 7) is 0. The number of halogens is 1. The molecular weight excluding hydrogens is 416 g/mol. The highest BCUT2D eigenvalue weighted by Gasteiger charge is 2.43. The van der Waals surface area contributed by atoms with Crippen LogP contribution in [0.3, 0.4) is 0 Å². The molecule has 1 atom stereocenters. The van der Waals surface area contributed by atoms with Crippen molar-refractivity contribution >= 4 is 43.6 Å². The van der Waals surface area contributed by atoms with E-state index in [1.54, 1.807) is 18.0 Å². The van der Waals surface area contributed by atoms with Crippen LogP contribution < -0.4 is 4.74 Å². The molecule has 1 aromatic rings. The van der Waals surface area contributed by atoms with E-state index < -0.39 is 16.1 Å². The number of rotatable bonds is 5. The quantitative estimate of drug-likeness (QED) is 0.709. The largest absolute Gasteiger partial charge is 0.496 e. The molecule has 9 heteroatoms. The summed E-state index contributed by atoms with van der Waals surface area (Å²) in [5.41, 5.74) is 0. The number of thioether (sulfide) groups is 1. The normalized spacial score (nSPS) is 21.7. The predicted octanol–water partition coefficient (Wildman–Crippen LogP) is 2.14. The first-order valence-electron chi connectivity index (χ1n) is 7.56. The number of nitrogens with zero attached hydrogens (tertiary/aromatic N) is 2. The third-order valence-corrected chi connectivity index (χ3v) is 7.95. The number of methoxy groups -OCH3 is 1. The van der Waals surface area contributed by atoms with E-state index >= 15 is 0 Å². The molecule has 1 saturated heterocycles. The molecule has 1 aliphatic carbocycles. The maximum atomic E-state index is 13.0. The van der Waals surface area contributed by atoms with Gasteiger partial charge in [0.25, 0.3) is 0 Å². The van der Waals surface area contributed by atoms with Crippen molar-refractivity contribution in [2.75, 3.05) is 25.8 Å². The SMILES string of the molecule is COc1ccc(S(=O)(=O)N2CSCC2C(=O)N(C)C2CC2)cc1Br. The fourth-order valence-corrected chi connectivity index (χ4v) is 6.53. The zero-order chi connectivity index (χ0) is 17.5. The van der Waals surface area contributed by atoms with Crippen molar-refractivity contribution in [2.45, 2.75) is 29.8 Å². The zero-order valence-corrected chi connectivity index (χ0v) is 16.7. The Balaban J connectivity index is 1.87. The number of amides is 1. The Bertz CT molecular complexity index is 752. The number of benzene rings is 1. The highest BCUT2D eigenvalue weighted by Crippen LogP contribution is 2.34. The average Bonchev–Trinajstić information content (AvgIpc) is 3.29. The van der Waals surface area contributed by atoms with Gasteiger partial charge in [-0.05, 0) is 47.0 Å². The van der Waals surface area contributed by atoms with Gasteiger partial charge in [0.05, 0.1) is 22.4 Å². The minimum Gasteiger partial charge on any atom is -0.496 e. The van der Waals surface area contributed by atoms with E-state index in [0.717, 1.165) is 12.8 Å². The van der Waals surface area contributed by atoms with Crippen molar-refractivity contribution in [3.8, 4) is 5.75 Å². The molecule has 1 amide bonds. The van der Waals surface area contributed by atoms with Crippen LogP contribution in [-0.2, 0) is 14.8 Å². The Morgan fingerprint density at radius 1 is 1.42 bits per heavy atom. The molecule has 2 fully saturated rings. The van der Waals surface area contributed by atoms with Gasteiger partial charge in [0.15, 0.2) is 0 Å². The zero-order valence-electron chi connectivity index (χ0n) is 13.4. The molecule has 1 aliphatic heterocycles. The second-order valence-electron chi connectivity index (χ2n) is 5.88. The molecule has 0 bridgehead atoms. The minimum atomic E-state index is -3.74. The topological polar surface area (TPSA) is 66.9 Å². The minimum absolute atomic E-state index is 0.112. The van der Waals surface area contributed by atoms with E-state index in [1.807, 2.05) is 0 Å². The van der Waals surface area contributed by atoms with Crippen LogP contribution in [0.4, 0.5) is 0 Å². The van der Waals surface area contributed by atoms with E-state index in [2.05, 4.69) is 15.9 Å². The van der Waals surface area contributed by atoms with Crippen molar-refractivity contribution in [3.63, 3.8) is 0 Å². The highest BCUT2D eigenvalue weighted by molar-refractivity contribution is 9.10. The van der Waals surface area contributed by atoms with E-state index in [-0.39, 0.29) is 16.8 Å². The third-order valence-electron chi connectivity index (χ3n) is 4.30. The standard InChI is InChI=1S/C15H19BrN2O4S2/c1-17(10-3-4-10)15(19)13-8-23-9-18(13)24(20,21)11-5-6-14(22-2)12(16)7-11/h5-7,10,13H,3-4,8-9H2,1-2H3. The molecule has 3 rings (SSSR count). The molecule has 6 nitrogen and oxygen atoms in total. The number of sulfonamides is 1. The summed E-state index contributed by atoms with van der Waals surface area (Å²) in [5, 5.41) is 0. The Morgan fingerprint density at radius 2 is 2.12 bits per heavy atom. The average molecular weight is 435 g/mol. The molecule has 1 aromatic carbocycles. The van der Waals surface area contributed by atoms with Crippen molar-refractivity contribution in [2.24, 2.45) is 0 Å². The van der Waals surface area contributed by atoms with Crippen LogP contribution in [0, 0.1) is 0 Å². The van der Waals surface area contributed by atoms with Crippen LogP contribution in [0.1, 0.15) is 12.8 Å². The van der Waals surface area contributed by atoms with Gasteiger partial charge in [-0.15, -0.1) is 11.8 Å². The molecule has 0 N–H and O–H groups in total. The first kappa shape index (κ1) is 18.0. The van der Waals surface area contributed by atoms with Crippen LogP contribution in [0.25, 0.3) is 0 Å². The first-order chi connectivity index (χ1) is 11.4. The van der Waals surface area contributed by atoms with E-state index in [9.17, 15) is 13.2 Å². The maximum Gasteiger partial charge on any atom is 0.244 e. The fraction of sp³-hybridized carbons (Fsp3) is 0.533. The number of carbonyl (C=O) groups is 1. The van der Waals surface area contributed by atoms with Crippen LogP contribution in [-0.4, -0.2) is 61.4 Å². The molecule has 1 unspecified atom stereocenters. The number of likely N-dealkylation sites (N-methyl/N-ethyl adjacent to an activating group) is 1. The molecule has 132 valence electrons. The molecular formula is C15H19BrN2O4S2. The summed E-state index contributed by atoms with van der Waals surface area (Å²) >= 11 is 4.78. The van der Waals surface area contributed by atoms with Gasteiger partial charge in [0, 0.05) is 18.8 Å². The van der Waals surface area contributed by atoms with E-state index in [1.165, 1.54) is 35.3 Å². The van der Waals surface area contributed by atoms with Crippen molar-refractivity contribution in [3.05, 3.63) is 22.7 Å².